The molecule has 0 unspecified atom stereocenters. The summed E-state index contributed by atoms with van der Waals surface area (Å²) in [5.74, 6) is 0.821. The molecule has 1 fully saturated rings. The van der Waals surface area contributed by atoms with E-state index in [0.29, 0.717) is 6.04 Å². The third-order valence-electron chi connectivity index (χ3n) is 3.93. The van der Waals surface area contributed by atoms with Crippen molar-refractivity contribution in [3.05, 3.63) is 30.1 Å². The van der Waals surface area contributed by atoms with Gasteiger partial charge in [0.25, 0.3) is 0 Å². The molecule has 1 aliphatic rings. The summed E-state index contributed by atoms with van der Waals surface area (Å²) in [6.45, 7) is 5.74. The number of rotatable bonds is 5. The van der Waals surface area contributed by atoms with E-state index in [-0.39, 0.29) is 0 Å². The molecule has 0 saturated carbocycles. The molecule has 3 heteroatoms. The molecule has 0 bridgehead atoms. The van der Waals surface area contributed by atoms with Gasteiger partial charge < -0.3 is 4.90 Å². The predicted molar refractivity (Wildman–Crippen MR) is 75.4 cm³/mol. The molecule has 0 aliphatic carbocycles. The second-order valence-corrected chi connectivity index (χ2v) is 5.64. The van der Waals surface area contributed by atoms with E-state index in [4.69, 9.17) is 0 Å². The number of pyridine rings is 1. The highest BCUT2D eigenvalue weighted by molar-refractivity contribution is 5.09. The van der Waals surface area contributed by atoms with Crippen LogP contribution < -0.4 is 0 Å². The maximum Gasteiger partial charge on any atom is 0.0312 e. The van der Waals surface area contributed by atoms with Crippen LogP contribution in [0.2, 0.25) is 0 Å². The second kappa shape index (κ2) is 6.30. The first kappa shape index (κ1) is 13.5. The van der Waals surface area contributed by atoms with Gasteiger partial charge in [0.15, 0.2) is 0 Å². The topological polar surface area (TPSA) is 19.4 Å². The van der Waals surface area contributed by atoms with Crippen molar-refractivity contribution in [2.75, 3.05) is 27.2 Å². The zero-order valence-electron chi connectivity index (χ0n) is 11.8. The summed E-state index contributed by atoms with van der Waals surface area (Å²) >= 11 is 0. The van der Waals surface area contributed by atoms with E-state index in [9.17, 15) is 0 Å². The van der Waals surface area contributed by atoms with Crippen molar-refractivity contribution in [3.63, 3.8) is 0 Å². The van der Waals surface area contributed by atoms with Crippen LogP contribution in [0.3, 0.4) is 0 Å². The highest BCUT2D eigenvalue weighted by Crippen LogP contribution is 2.25. The van der Waals surface area contributed by atoms with Crippen LogP contribution in [0.25, 0.3) is 0 Å². The fraction of sp³-hybridized carbons (Fsp3) is 0.667. The van der Waals surface area contributed by atoms with Crippen molar-refractivity contribution in [2.24, 2.45) is 5.92 Å². The van der Waals surface area contributed by atoms with E-state index in [1.807, 2.05) is 18.5 Å². The van der Waals surface area contributed by atoms with Gasteiger partial charge in [-0.3, -0.25) is 9.88 Å². The van der Waals surface area contributed by atoms with Crippen molar-refractivity contribution in [2.45, 2.75) is 32.4 Å². The molecule has 2 heterocycles. The maximum absolute atomic E-state index is 4.20. The molecule has 2 rings (SSSR count). The van der Waals surface area contributed by atoms with E-state index < -0.39 is 0 Å². The summed E-state index contributed by atoms with van der Waals surface area (Å²) in [5, 5.41) is 0. The van der Waals surface area contributed by atoms with E-state index in [1.54, 1.807) is 0 Å². The number of nitrogens with zero attached hydrogens (tertiary/aromatic N) is 3. The van der Waals surface area contributed by atoms with Crippen molar-refractivity contribution in [3.8, 4) is 0 Å². The Bertz CT molecular complexity index is 350. The van der Waals surface area contributed by atoms with Crippen molar-refractivity contribution >= 4 is 0 Å². The van der Waals surface area contributed by atoms with Gasteiger partial charge in [-0.2, -0.15) is 0 Å². The maximum atomic E-state index is 4.20. The van der Waals surface area contributed by atoms with Crippen LogP contribution in [0.4, 0.5) is 0 Å². The quantitative estimate of drug-likeness (QED) is 0.795. The molecule has 0 amide bonds. The number of hydrogen-bond donors (Lipinski definition) is 0. The molecule has 18 heavy (non-hydrogen) atoms. The standard InChI is InChI=1S/C15H25N3/c1-4-6-14-11-18(12-15(14)17(2)3)10-13-7-5-8-16-9-13/h5,7-9,14-15H,4,6,10-12H2,1-3H3/t14-,15-/m1/s1. The lowest BCUT2D eigenvalue weighted by molar-refractivity contribution is 0.239. The molecule has 0 spiro atoms. The Morgan fingerprint density at radius 2 is 2.22 bits per heavy atom. The third kappa shape index (κ3) is 3.30. The summed E-state index contributed by atoms with van der Waals surface area (Å²) in [7, 11) is 4.42. The largest absolute Gasteiger partial charge is 0.305 e. The average Bonchev–Trinajstić information content (AvgIpc) is 2.74. The molecule has 3 nitrogen and oxygen atoms in total. The first-order valence-corrected chi connectivity index (χ1v) is 6.98. The molecule has 1 saturated heterocycles. The lowest BCUT2D eigenvalue weighted by Gasteiger charge is -2.24. The Morgan fingerprint density at radius 1 is 1.39 bits per heavy atom. The molecule has 1 aliphatic heterocycles. The fourth-order valence-electron chi connectivity index (χ4n) is 3.06. The van der Waals surface area contributed by atoms with Crippen molar-refractivity contribution in [1.29, 1.82) is 0 Å². The number of aromatic nitrogens is 1. The zero-order valence-corrected chi connectivity index (χ0v) is 11.8. The summed E-state index contributed by atoms with van der Waals surface area (Å²) in [5.41, 5.74) is 1.33. The molecule has 0 N–H and O–H groups in total. The molecule has 1 aromatic rings. The summed E-state index contributed by atoms with van der Waals surface area (Å²) in [6.07, 6.45) is 6.45. The Morgan fingerprint density at radius 3 is 2.83 bits per heavy atom. The van der Waals surface area contributed by atoms with Crippen LogP contribution in [0, 0.1) is 5.92 Å². The number of likely N-dealkylation sites (tertiary alicyclic amines) is 1. The van der Waals surface area contributed by atoms with Crippen LogP contribution in [-0.2, 0) is 6.54 Å². The van der Waals surface area contributed by atoms with Gasteiger partial charge in [0, 0.05) is 38.1 Å². The first-order chi connectivity index (χ1) is 8.70. The van der Waals surface area contributed by atoms with Gasteiger partial charge >= 0.3 is 0 Å². The van der Waals surface area contributed by atoms with Crippen molar-refractivity contribution in [1.82, 2.24) is 14.8 Å². The second-order valence-electron chi connectivity index (χ2n) is 5.64. The third-order valence-corrected chi connectivity index (χ3v) is 3.93. The summed E-state index contributed by atoms with van der Waals surface area (Å²) in [4.78, 5) is 9.16. The van der Waals surface area contributed by atoms with Gasteiger partial charge in [-0.05, 0) is 38.1 Å². The molecule has 100 valence electrons. The average molecular weight is 247 g/mol. The van der Waals surface area contributed by atoms with Gasteiger partial charge in [-0.25, -0.2) is 0 Å². The minimum absolute atomic E-state index is 0.710. The van der Waals surface area contributed by atoms with Crippen LogP contribution >= 0.6 is 0 Å². The lowest BCUT2D eigenvalue weighted by Crippen LogP contribution is -2.35. The normalized spacial score (nSPS) is 24.9. The minimum atomic E-state index is 0.710. The van der Waals surface area contributed by atoms with Crippen LogP contribution in [0.1, 0.15) is 25.3 Å². The zero-order chi connectivity index (χ0) is 13.0. The van der Waals surface area contributed by atoms with Crippen LogP contribution in [0.5, 0.6) is 0 Å². The smallest absolute Gasteiger partial charge is 0.0312 e. The molecular formula is C15H25N3. The Labute approximate surface area is 111 Å². The molecule has 2 atom stereocenters. The SMILES string of the molecule is CCC[C@@H]1CN(Cc2cccnc2)C[C@H]1N(C)C. The van der Waals surface area contributed by atoms with Gasteiger partial charge in [0.2, 0.25) is 0 Å². The lowest BCUT2D eigenvalue weighted by atomic mass is 9.98. The number of likely N-dealkylation sites (N-methyl/N-ethyl adjacent to an activating group) is 1. The predicted octanol–water partition coefficient (Wildman–Crippen LogP) is 2.24. The Hall–Kier alpha value is -0.930. The van der Waals surface area contributed by atoms with Crippen LogP contribution in [-0.4, -0.2) is 48.0 Å². The van der Waals surface area contributed by atoms with Gasteiger partial charge in [-0.1, -0.05) is 19.4 Å². The van der Waals surface area contributed by atoms with Gasteiger partial charge in [0.1, 0.15) is 0 Å². The Balaban J connectivity index is 1.96. The van der Waals surface area contributed by atoms with Crippen molar-refractivity contribution < 1.29 is 0 Å². The summed E-state index contributed by atoms with van der Waals surface area (Å²) in [6, 6.07) is 4.91. The van der Waals surface area contributed by atoms with E-state index in [0.717, 1.165) is 12.5 Å². The Kier molecular flexibility index (Phi) is 4.72. The van der Waals surface area contributed by atoms with Gasteiger partial charge in [0.05, 0.1) is 0 Å². The highest BCUT2D eigenvalue weighted by Gasteiger charge is 2.33. The fourth-order valence-corrected chi connectivity index (χ4v) is 3.06. The van der Waals surface area contributed by atoms with E-state index >= 15 is 0 Å². The molecule has 1 aromatic heterocycles. The van der Waals surface area contributed by atoms with E-state index in [1.165, 1.54) is 31.5 Å². The van der Waals surface area contributed by atoms with E-state index in [2.05, 4.69) is 41.9 Å². The molecule has 0 aromatic carbocycles. The van der Waals surface area contributed by atoms with Gasteiger partial charge in [-0.15, -0.1) is 0 Å². The molecule has 0 radical (unpaired) electrons. The highest BCUT2D eigenvalue weighted by atomic mass is 15.2. The minimum Gasteiger partial charge on any atom is -0.305 e. The number of hydrogen-bond acceptors (Lipinski definition) is 3. The first-order valence-electron chi connectivity index (χ1n) is 6.98. The summed E-state index contributed by atoms with van der Waals surface area (Å²) < 4.78 is 0. The van der Waals surface area contributed by atoms with Crippen LogP contribution in [0.15, 0.2) is 24.5 Å². The monoisotopic (exact) mass is 247 g/mol. The molecular weight excluding hydrogens is 222 g/mol.